The number of hydrogen-bond donors (Lipinski definition) is 0. The van der Waals surface area contributed by atoms with E-state index in [1.807, 2.05) is 12.1 Å². The quantitative estimate of drug-likeness (QED) is 0.721. The standard InChI is InChI=1S/C17H19N3.Y/c1-3-14-8-9-15-6-4-5-7-16(15)18-17(14)20-12-10-19(2)11-13-20;/h1,3-7H,9-13H2,2H3;/q-2;. The van der Waals surface area contributed by atoms with Crippen LogP contribution in [0.25, 0.3) is 0 Å². The minimum Gasteiger partial charge on any atom is -0.420 e. The second-order valence-electron chi connectivity index (χ2n) is 5.29. The molecule has 0 bridgehead atoms. The van der Waals surface area contributed by atoms with Crippen LogP contribution in [0.2, 0.25) is 0 Å². The molecule has 0 atom stereocenters. The molecule has 2 aliphatic rings. The normalized spacial score (nSPS) is 18.8. The first-order valence-electron chi connectivity index (χ1n) is 7.04. The molecule has 1 aromatic rings. The third-order valence-electron chi connectivity index (χ3n) is 3.90. The van der Waals surface area contributed by atoms with Gasteiger partial charge in [0.25, 0.3) is 0 Å². The molecule has 0 amide bonds. The number of likely N-dealkylation sites (N-methyl/N-ethyl adjacent to an activating group) is 1. The molecule has 0 unspecified atom stereocenters. The molecule has 0 saturated carbocycles. The number of benzene rings is 1. The molecule has 3 rings (SSSR count). The molecule has 3 nitrogen and oxygen atoms in total. The Morgan fingerprint density at radius 3 is 2.62 bits per heavy atom. The number of allylic oxidation sites excluding steroid dienone is 1. The average molecular weight is 354 g/mol. The topological polar surface area (TPSA) is 18.8 Å². The fraction of sp³-hybridized carbons (Fsp3) is 0.353. The van der Waals surface area contributed by atoms with Crippen LogP contribution >= 0.6 is 0 Å². The van der Waals surface area contributed by atoms with Gasteiger partial charge in [0, 0.05) is 58.9 Å². The smallest absolute Gasteiger partial charge is 0.0509 e. The van der Waals surface area contributed by atoms with Gasteiger partial charge in [-0.05, 0) is 18.7 Å². The summed E-state index contributed by atoms with van der Waals surface area (Å²) < 4.78 is 0. The van der Waals surface area contributed by atoms with Crippen LogP contribution in [0.5, 0.6) is 0 Å². The van der Waals surface area contributed by atoms with Gasteiger partial charge in [0.15, 0.2) is 0 Å². The van der Waals surface area contributed by atoms with E-state index in [1.165, 1.54) is 5.56 Å². The Bertz CT molecular complexity index is 569. The van der Waals surface area contributed by atoms with Crippen LogP contribution in [0, 0.1) is 12.7 Å². The number of rotatable bonds is 1. The number of nitrogens with zero attached hydrogens (tertiary/aromatic N) is 3. The van der Waals surface area contributed by atoms with Gasteiger partial charge in [-0.3, -0.25) is 6.08 Å². The Labute approximate surface area is 152 Å². The van der Waals surface area contributed by atoms with Gasteiger partial charge in [0.2, 0.25) is 0 Å². The van der Waals surface area contributed by atoms with Crippen molar-refractivity contribution in [2.75, 3.05) is 33.2 Å². The summed E-state index contributed by atoms with van der Waals surface area (Å²) >= 11 is 0. The van der Waals surface area contributed by atoms with Crippen molar-refractivity contribution in [3.8, 4) is 0 Å². The SMILES string of the molecule is [CH-]=CC1=[C-]Cc2ccccc2N=C1N1CCN(C)CC1.[Y]. The van der Waals surface area contributed by atoms with Gasteiger partial charge < -0.3 is 33.0 Å². The maximum Gasteiger partial charge on any atom is 0.0509 e. The second-order valence-corrected chi connectivity index (χ2v) is 5.29. The van der Waals surface area contributed by atoms with Crippen molar-refractivity contribution in [3.05, 3.63) is 54.1 Å². The molecule has 21 heavy (non-hydrogen) atoms. The number of para-hydroxylation sites is 1. The summed E-state index contributed by atoms with van der Waals surface area (Å²) in [4.78, 5) is 9.50. The zero-order chi connectivity index (χ0) is 13.9. The zero-order valence-corrected chi connectivity index (χ0v) is 15.3. The number of fused-ring (bicyclic) bond motifs is 1. The van der Waals surface area contributed by atoms with Crippen molar-refractivity contribution in [1.82, 2.24) is 9.80 Å². The Morgan fingerprint density at radius 2 is 1.90 bits per heavy atom. The van der Waals surface area contributed by atoms with Gasteiger partial charge in [0.1, 0.15) is 0 Å². The second kappa shape index (κ2) is 7.48. The number of hydrogen-bond acceptors (Lipinski definition) is 3. The molecule has 0 aromatic heterocycles. The molecule has 4 heteroatoms. The molecule has 1 radical (unpaired) electrons. The van der Waals surface area contributed by atoms with E-state index in [0.29, 0.717) is 0 Å². The predicted molar refractivity (Wildman–Crippen MR) is 81.9 cm³/mol. The van der Waals surface area contributed by atoms with Crippen molar-refractivity contribution in [3.63, 3.8) is 0 Å². The Kier molecular flexibility index (Phi) is 5.92. The summed E-state index contributed by atoms with van der Waals surface area (Å²) in [6.07, 6.45) is 5.79. The van der Waals surface area contributed by atoms with Crippen molar-refractivity contribution in [1.29, 1.82) is 0 Å². The molecule has 1 fully saturated rings. The van der Waals surface area contributed by atoms with Crippen LogP contribution < -0.4 is 0 Å². The van der Waals surface area contributed by atoms with Gasteiger partial charge in [-0.25, -0.2) is 0 Å². The van der Waals surface area contributed by atoms with Gasteiger partial charge in [-0.1, -0.05) is 30.5 Å². The molecule has 2 aliphatic heterocycles. The van der Waals surface area contributed by atoms with E-state index in [9.17, 15) is 0 Å². The molecule has 0 aliphatic carbocycles. The number of piperazine rings is 1. The first-order valence-corrected chi connectivity index (χ1v) is 7.04. The van der Waals surface area contributed by atoms with Gasteiger partial charge in [-0.2, -0.15) is 0 Å². The number of aliphatic imine (C=N–C) groups is 1. The molecule has 2 heterocycles. The third kappa shape index (κ3) is 3.71. The van der Waals surface area contributed by atoms with Crippen LogP contribution in [0.4, 0.5) is 5.69 Å². The first-order chi connectivity index (χ1) is 9.78. The summed E-state index contributed by atoms with van der Waals surface area (Å²) in [5, 5.41) is 0. The van der Waals surface area contributed by atoms with Crippen molar-refractivity contribution >= 4 is 11.5 Å². The summed E-state index contributed by atoms with van der Waals surface area (Å²) in [7, 11) is 2.15. The Hall–Kier alpha value is -0.766. The van der Waals surface area contributed by atoms with Gasteiger partial charge in [0.05, 0.1) is 5.69 Å². The maximum absolute atomic E-state index is 5.79. The zero-order valence-electron chi connectivity index (χ0n) is 12.4. The van der Waals surface area contributed by atoms with Crippen LogP contribution in [-0.2, 0) is 39.1 Å². The fourth-order valence-electron chi connectivity index (χ4n) is 2.61. The van der Waals surface area contributed by atoms with E-state index in [-0.39, 0.29) is 32.7 Å². The van der Waals surface area contributed by atoms with Crippen LogP contribution in [0.3, 0.4) is 0 Å². The molecular weight excluding hydrogens is 335 g/mol. The predicted octanol–water partition coefficient (Wildman–Crippen LogP) is 2.24. The average Bonchev–Trinajstić information content (AvgIpc) is 2.67. The van der Waals surface area contributed by atoms with Crippen molar-refractivity contribution in [2.24, 2.45) is 4.99 Å². The molecule has 1 saturated heterocycles. The molecular formula is C17H19N3Y-2. The minimum atomic E-state index is 0. The summed E-state index contributed by atoms with van der Waals surface area (Å²) in [5.74, 6) is 0.963. The molecule has 0 N–H and O–H groups in total. The van der Waals surface area contributed by atoms with E-state index in [0.717, 1.165) is 49.7 Å². The Morgan fingerprint density at radius 1 is 1.19 bits per heavy atom. The van der Waals surface area contributed by atoms with E-state index < -0.39 is 0 Å². The van der Waals surface area contributed by atoms with Crippen molar-refractivity contribution < 1.29 is 32.7 Å². The summed E-state index contributed by atoms with van der Waals surface area (Å²) in [5.41, 5.74) is 3.16. The maximum atomic E-state index is 5.79. The first kappa shape index (κ1) is 16.6. The summed E-state index contributed by atoms with van der Waals surface area (Å²) in [6.45, 7) is 9.86. The van der Waals surface area contributed by atoms with Crippen LogP contribution in [0.1, 0.15) is 5.56 Å². The van der Waals surface area contributed by atoms with E-state index in [2.05, 4.69) is 35.1 Å². The van der Waals surface area contributed by atoms with Gasteiger partial charge in [-0.15, -0.1) is 0 Å². The largest absolute Gasteiger partial charge is 0.420 e. The number of amidine groups is 1. The minimum absolute atomic E-state index is 0. The monoisotopic (exact) mass is 354 g/mol. The van der Waals surface area contributed by atoms with Crippen LogP contribution in [0.15, 0.2) is 40.9 Å². The molecule has 107 valence electrons. The summed E-state index contributed by atoms with van der Waals surface area (Å²) in [6, 6.07) is 8.24. The van der Waals surface area contributed by atoms with E-state index in [1.54, 1.807) is 6.08 Å². The Balaban J connectivity index is 0.00000161. The van der Waals surface area contributed by atoms with E-state index in [4.69, 9.17) is 11.6 Å². The third-order valence-corrected chi connectivity index (χ3v) is 3.90. The van der Waals surface area contributed by atoms with Crippen molar-refractivity contribution in [2.45, 2.75) is 6.42 Å². The fourth-order valence-corrected chi connectivity index (χ4v) is 2.61. The molecule has 0 spiro atoms. The van der Waals surface area contributed by atoms with Gasteiger partial charge >= 0.3 is 0 Å². The van der Waals surface area contributed by atoms with E-state index >= 15 is 0 Å². The molecule has 1 aromatic carbocycles. The van der Waals surface area contributed by atoms with Crippen LogP contribution in [-0.4, -0.2) is 48.9 Å².